The van der Waals surface area contributed by atoms with Crippen LogP contribution < -0.4 is 0 Å². The number of methoxy groups -OCH3 is 3. The first kappa shape index (κ1) is 11.8. The van der Waals surface area contributed by atoms with Crippen LogP contribution in [0.5, 0.6) is 0 Å². The van der Waals surface area contributed by atoms with Gasteiger partial charge in [0.1, 0.15) is 0 Å². The minimum absolute atomic E-state index is 0.718. The lowest BCUT2D eigenvalue weighted by atomic mass is 10.2. The van der Waals surface area contributed by atoms with Crippen LogP contribution in [0.4, 0.5) is 0 Å². The Labute approximate surface area is 77.1 Å². The van der Waals surface area contributed by atoms with Crippen LogP contribution in [0.25, 0.3) is 0 Å². The standard InChI is InChI=1S/C8H18O3Si/c1-9-8(10-2,11-3)6-4-5-7-12/h5,7H,4,6H2,1-3,12H3. The lowest BCUT2D eigenvalue weighted by Crippen LogP contribution is -2.35. The van der Waals surface area contributed by atoms with Crippen LogP contribution in [-0.4, -0.2) is 37.5 Å². The van der Waals surface area contributed by atoms with E-state index in [4.69, 9.17) is 14.2 Å². The minimum Gasteiger partial charge on any atom is -0.331 e. The summed E-state index contributed by atoms with van der Waals surface area (Å²) in [6.45, 7) is 0. The topological polar surface area (TPSA) is 27.7 Å². The van der Waals surface area contributed by atoms with Crippen molar-refractivity contribution >= 4 is 10.2 Å². The second kappa shape index (κ2) is 6.36. The number of allylic oxidation sites excluding steroid dienone is 1. The molecule has 0 aliphatic carbocycles. The normalized spacial score (nSPS) is 12.9. The fraction of sp³-hybridized carbons (Fsp3) is 0.750. The Morgan fingerprint density at radius 3 is 2.00 bits per heavy atom. The van der Waals surface area contributed by atoms with E-state index >= 15 is 0 Å². The number of hydrogen-bond acceptors (Lipinski definition) is 3. The van der Waals surface area contributed by atoms with E-state index in [-0.39, 0.29) is 0 Å². The monoisotopic (exact) mass is 190 g/mol. The molecule has 72 valence electrons. The van der Waals surface area contributed by atoms with Crippen molar-refractivity contribution < 1.29 is 14.2 Å². The van der Waals surface area contributed by atoms with E-state index in [1.165, 1.54) is 0 Å². The number of hydrogen-bond donors (Lipinski definition) is 0. The van der Waals surface area contributed by atoms with Crippen LogP contribution in [0.15, 0.2) is 11.8 Å². The van der Waals surface area contributed by atoms with Gasteiger partial charge >= 0.3 is 0 Å². The minimum atomic E-state index is -0.860. The summed E-state index contributed by atoms with van der Waals surface area (Å²) in [6, 6.07) is 0. The quantitative estimate of drug-likeness (QED) is 0.443. The molecule has 0 amide bonds. The van der Waals surface area contributed by atoms with Gasteiger partial charge in [0.15, 0.2) is 0 Å². The third kappa shape index (κ3) is 3.49. The molecule has 0 heterocycles. The maximum atomic E-state index is 5.12. The molecule has 4 heteroatoms. The smallest absolute Gasteiger partial charge is 0.282 e. The highest BCUT2D eigenvalue weighted by atomic mass is 28.1. The van der Waals surface area contributed by atoms with Crippen molar-refractivity contribution in [2.75, 3.05) is 21.3 Å². The Balaban J connectivity index is 3.92. The average molecular weight is 190 g/mol. The van der Waals surface area contributed by atoms with Crippen LogP contribution in [0.3, 0.4) is 0 Å². The molecule has 3 nitrogen and oxygen atoms in total. The Hall–Kier alpha value is -0.163. The highest BCUT2D eigenvalue weighted by Crippen LogP contribution is 2.18. The molecule has 0 aromatic rings. The third-order valence-electron chi connectivity index (χ3n) is 1.79. The zero-order chi connectivity index (χ0) is 9.45. The molecule has 0 saturated heterocycles. The van der Waals surface area contributed by atoms with Gasteiger partial charge in [0.2, 0.25) is 0 Å². The molecule has 0 aromatic carbocycles. The molecule has 0 unspecified atom stereocenters. The van der Waals surface area contributed by atoms with Gasteiger partial charge in [0, 0.05) is 38.0 Å². The fourth-order valence-electron chi connectivity index (χ4n) is 0.983. The molecular formula is C8H18O3Si. The van der Waals surface area contributed by atoms with Gasteiger partial charge in [0.25, 0.3) is 5.97 Å². The molecule has 0 aliphatic heterocycles. The van der Waals surface area contributed by atoms with E-state index < -0.39 is 5.97 Å². The summed E-state index contributed by atoms with van der Waals surface area (Å²) >= 11 is 0. The van der Waals surface area contributed by atoms with E-state index in [1.54, 1.807) is 21.3 Å². The van der Waals surface area contributed by atoms with Crippen LogP contribution in [0.2, 0.25) is 0 Å². The Morgan fingerprint density at radius 1 is 1.17 bits per heavy atom. The molecule has 0 aliphatic rings. The van der Waals surface area contributed by atoms with Gasteiger partial charge in [-0.25, -0.2) is 0 Å². The van der Waals surface area contributed by atoms with E-state index in [1.807, 2.05) is 0 Å². The maximum absolute atomic E-state index is 5.12. The van der Waals surface area contributed by atoms with E-state index in [0.29, 0.717) is 0 Å². The summed E-state index contributed by atoms with van der Waals surface area (Å²) in [5, 5.41) is 0. The van der Waals surface area contributed by atoms with Gasteiger partial charge in [-0.05, 0) is 6.42 Å². The summed E-state index contributed by atoms with van der Waals surface area (Å²) in [5.74, 6) is -0.860. The van der Waals surface area contributed by atoms with Crippen molar-refractivity contribution in [2.45, 2.75) is 18.8 Å². The van der Waals surface area contributed by atoms with Gasteiger partial charge in [-0.2, -0.15) is 0 Å². The van der Waals surface area contributed by atoms with Gasteiger partial charge in [-0.1, -0.05) is 6.08 Å². The second-order valence-electron chi connectivity index (χ2n) is 2.40. The molecule has 0 fully saturated rings. The maximum Gasteiger partial charge on any atom is 0.282 e. The van der Waals surface area contributed by atoms with Crippen molar-refractivity contribution in [1.82, 2.24) is 0 Å². The van der Waals surface area contributed by atoms with Crippen molar-refractivity contribution in [1.29, 1.82) is 0 Å². The molecule has 0 bridgehead atoms. The molecule has 0 spiro atoms. The Bertz CT molecular complexity index is 124. The van der Waals surface area contributed by atoms with Crippen LogP contribution in [-0.2, 0) is 14.2 Å². The van der Waals surface area contributed by atoms with Crippen LogP contribution >= 0.6 is 0 Å². The van der Waals surface area contributed by atoms with E-state index in [0.717, 1.165) is 23.1 Å². The third-order valence-corrected chi connectivity index (χ3v) is 2.26. The number of rotatable bonds is 6. The zero-order valence-corrected chi connectivity index (χ0v) is 10.3. The fourth-order valence-corrected chi connectivity index (χ4v) is 1.32. The van der Waals surface area contributed by atoms with Crippen molar-refractivity contribution in [2.24, 2.45) is 0 Å². The Morgan fingerprint density at radius 2 is 1.67 bits per heavy atom. The molecule has 0 N–H and O–H groups in total. The predicted octanol–water partition coefficient (Wildman–Crippen LogP) is 0.239. The molecule has 0 rings (SSSR count). The van der Waals surface area contributed by atoms with Gasteiger partial charge in [0.05, 0.1) is 0 Å². The lowest BCUT2D eigenvalue weighted by Gasteiger charge is -2.28. The van der Waals surface area contributed by atoms with Gasteiger partial charge in [-0.15, -0.1) is 5.70 Å². The lowest BCUT2D eigenvalue weighted by molar-refractivity contribution is -0.354. The highest BCUT2D eigenvalue weighted by molar-refractivity contribution is 6.16. The van der Waals surface area contributed by atoms with Crippen LogP contribution in [0, 0.1) is 0 Å². The molecule has 0 saturated carbocycles. The highest BCUT2D eigenvalue weighted by Gasteiger charge is 2.27. The number of ether oxygens (including phenoxy) is 3. The summed E-state index contributed by atoms with van der Waals surface area (Å²) in [7, 11) is 5.83. The molecule has 12 heavy (non-hydrogen) atoms. The molecule has 0 radical (unpaired) electrons. The summed E-state index contributed by atoms with van der Waals surface area (Å²) < 4.78 is 15.3. The van der Waals surface area contributed by atoms with Crippen molar-refractivity contribution in [3.8, 4) is 0 Å². The van der Waals surface area contributed by atoms with Crippen molar-refractivity contribution in [3.63, 3.8) is 0 Å². The van der Waals surface area contributed by atoms with E-state index in [9.17, 15) is 0 Å². The summed E-state index contributed by atoms with van der Waals surface area (Å²) in [6.07, 6.45) is 3.74. The van der Waals surface area contributed by atoms with E-state index in [2.05, 4.69) is 11.8 Å². The first-order valence-electron chi connectivity index (χ1n) is 4.01. The molecule has 0 atom stereocenters. The zero-order valence-electron chi connectivity index (χ0n) is 8.29. The SMILES string of the molecule is COC(CCC=C[SiH3])(OC)OC. The first-order valence-corrected chi connectivity index (χ1v) is 5.16. The second-order valence-corrected chi connectivity index (χ2v) is 3.07. The Kier molecular flexibility index (Phi) is 6.28. The van der Waals surface area contributed by atoms with Gasteiger partial charge < -0.3 is 14.2 Å². The van der Waals surface area contributed by atoms with Crippen molar-refractivity contribution in [3.05, 3.63) is 11.8 Å². The van der Waals surface area contributed by atoms with Crippen LogP contribution in [0.1, 0.15) is 12.8 Å². The van der Waals surface area contributed by atoms with Gasteiger partial charge in [-0.3, -0.25) is 0 Å². The summed E-state index contributed by atoms with van der Waals surface area (Å²) in [4.78, 5) is 0. The largest absolute Gasteiger partial charge is 0.331 e. The molecular weight excluding hydrogens is 172 g/mol. The predicted molar refractivity (Wildman–Crippen MR) is 52.1 cm³/mol. The summed E-state index contributed by atoms with van der Waals surface area (Å²) in [5.41, 5.74) is 2.13. The average Bonchev–Trinajstić information content (AvgIpc) is 2.14. The first-order chi connectivity index (χ1) is 5.74. The molecule has 0 aromatic heterocycles.